The van der Waals surface area contributed by atoms with Crippen LogP contribution in [0.3, 0.4) is 0 Å². The zero-order valence-electron chi connectivity index (χ0n) is 28.7. The maximum Gasteiger partial charge on any atom is 0.480 e. The first-order valence-corrected chi connectivity index (χ1v) is 19.0. The molecule has 0 aliphatic carbocycles. The van der Waals surface area contributed by atoms with Crippen molar-refractivity contribution in [1.29, 1.82) is 0 Å². The number of carbonyl (C=O) groups is 1. The van der Waals surface area contributed by atoms with Crippen molar-refractivity contribution in [3.8, 4) is 0 Å². The molecule has 1 amide bonds. The summed E-state index contributed by atoms with van der Waals surface area (Å²) in [5.41, 5.74) is -8.34. The third-order valence-corrected chi connectivity index (χ3v) is 10.1. The molecule has 0 saturated carbocycles. The number of allylic oxidation sites excluding steroid dienone is 1. The molecule has 1 aromatic carbocycles. The monoisotopic (exact) mass is 759 g/mol. The van der Waals surface area contributed by atoms with Crippen LogP contribution in [0, 0.1) is 0 Å². The molecule has 0 bridgehead atoms. The zero-order chi connectivity index (χ0) is 38.2. The number of sulfonamides is 2. The SMILES string of the molecule is C=C(C)c1cccc(C(C)(C)NC(=O)OCCCCCCCCCC[n+]2ccc(CCC)cc2)c1.O=S(=O)([N-]S(=O)(=O)C(F)(F)F)C(F)(F)F. The number of halogens is 6. The summed E-state index contributed by atoms with van der Waals surface area (Å²) in [7, 11) is -13.4. The highest BCUT2D eigenvalue weighted by atomic mass is 32.3. The fraction of sp³-hybridized carbons (Fsp3) is 0.576. The van der Waals surface area contributed by atoms with Gasteiger partial charge in [0.25, 0.3) is 0 Å². The molecule has 0 radical (unpaired) electrons. The maximum atomic E-state index is 12.3. The Bertz CT molecular complexity index is 1540. The Balaban J connectivity index is 0.000000700. The van der Waals surface area contributed by atoms with Gasteiger partial charge in [0.1, 0.15) is 6.54 Å². The highest BCUT2D eigenvalue weighted by molar-refractivity contribution is 8.13. The first-order chi connectivity index (χ1) is 23.0. The second-order valence-electron chi connectivity index (χ2n) is 12.2. The highest BCUT2D eigenvalue weighted by Gasteiger charge is 2.47. The number of rotatable bonds is 18. The number of benzene rings is 1. The first-order valence-electron chi connectivity index (χ1n) is 16.1. The number of aryl methyl sites for hydroxylation is 2. The Labute approximate surface area is 291 Å². The molecule has 2 aromatic rings. The van der Waals surface area contributed by atoms with Crippen LogP contribution in [-0.2, 0) is 43.3 Å². The van der Waals surface area contributed by atoms with Crippen molar-refractivity contribution in [2.24, 2.45) is 0 Å². The lowest BCUT2D eigenvalue weighted by molar-refractivity contribution is -0.697. The number of aromatic nitrogens is 1. The van der Waals surface area contributed by atoms with Crippen molar-refractivity contribution >= 4 is 31.7 Å². The Morgan fingerprint density at radius 1 is 0.840 bits per heavy atom. The van der Waals surface area contributed by atoms with Crippen LogP contribution in [0.15, 0.2) is 55.4 Å². The minimum atomic E-state index is -6.72. The predicted molar refractivity (Wildman–Crippen MR) is 180 cm³/mol. The number of alkyl halides is 6. The molecule has 0 unspecified atom stereocenters. The van der Waals surface area contributed by atoms with Gasteiger partial charge in [-0.25, -0.2) is 26.2 Å². The normalized spacial score (nSPS) is 12.5. The van der Waals surface area contributed by atoms with Crippen LogP contribution >= 0.6 is 0 Å². The maximum absolute atomic E-state index is 12.3. The van der Waals surface area contributed by atoms with E-state index in [-0.39, 0.29) is 6.09 Å². The number of ether oxygens (including phenoxy) is 1. The van der Waals surface area contributed by atoms with E-state index in [1.165, 1.54) is 56.9 Å². The van der Waals surface area contributed by atoms with Crippen LogP contribution in [0.1, 0.15) is 102 Å². The van der Waals surface area contributed by atoms with E-state index in [9.17, 15) is 48.0 Å². The van der Waals surface area contributed by atoms with Gasteiger partial charge in [0, 0.05) is 18.6 Å². The van der Waals surface area contributed by atoms with Crippen LogP contribution in [0.2, 0.25) is 0 Å². The Morgan fingerprint density at radius 2 is 1.34 bits per heavy atom. The Kier molecular flexibility index (Phi) is 17.9. The smallest absolute Gasteiger partial charge is 0.450 e. The van der Waals surface area contributed by atoms with Crippen LogP contribution in [-0.4, -0.2) is 40.6 Å². The summed E-state index contributed by atoms with van der Waals surface area (Å²) < 4.78 is 117. The first kappa shape index (κ1) is 44.8. The summed E-state index contributed by atoms with van der Waals surface area (Å²) in [6, 6.07) is 12.6. The lowest BCUT2D eigenvalue weighted by atomic mass is 9.92. The van der Waals surface area contributed by atoms with Crippen molar-refractivity contribution in [1.82, 2.24) is 5.32 Å². The Morgan fingerprint density at radius 3 is 1.82 bits per heavy atom. The van der Waals surface area contributed by atoms with Gasteiger partial charge in [0.05, 0.1) is 12.1 Å². The predicted octanol–water partition coefficient (Wildman–Crippen LogP) is 8.80. The molecule has 9 nitrogen and oxygen atoms in total. The molecule has 1 heterocycles. The molecule has 0 aliphatic rings. The average Bonchev–Trinajstić information content (AvgIpc) is 2.99. The molecule has 284 valence electrons. The van der Waals surface area contributed by atoms with Gasteiger partial charge in [-0.05, 0) is 62.8 Å². The van der Waals surface area contributed by atoms with Crippen molar-refractivity contribution < 1.29 is 57.3 Å². The molecule has 17 heteroatoms. The molecule has 0 saturated heterocycles. The third-order valence-electron chi connectivity index (χ3n) is 7.32. The topological polar surface area (TPSA) is 125 Å². The van der Waals surface area contributed by atoms with Gasteiger partial charge < -0.3 is 14.2 Å². The van der Waals surface area contributed by atoms with Gasteiger partial charge in [-0.2, -0.15) is 26.3 Å². The largest absolute Gasteiger partial charge is 0.480 e. The van der Waals surface area contributed by atoms with Gasteiger partial charge in [0.15, 0.2) is 32.4 Å². The molecule has 50 heavy (non-hydrogen) atoms. The van der Waals surface area contributed by atoms with Gasteiger partial charge >= 0.3 is 17.1 Å². The van der Waals surface area contributed by atoms with Gasteiger partial charge in [-0.15, -0.1) is 0 Å². The summed E-state index contributed by atoms with van der Waals surface area (Å²) in [5, 5.41) is 3.00. The number of unbranched alkanes of at least 4 members (excludes halogenated alkanes) is 7. The molecule has 1 aromatic heterocycles. The zero-order valence-corrected chi connectivity index (χ0v) is 30.4. The van der Waals surface area contributed by atoms with Gasteiger partial charge in [-0.1, -0.05) is 75.8 Å². The van der Waals surface area contributed by atoms with Gasteiger partial charge in [0.2, 0.25) is 0 Å². The van der Waals surface area contributed by atoms with Crippen LogP contribution < -0.4 is 9.88 Å². The van der Waals surface area contributed by atoms with Crippen molar-refractivity contribution in [2.75, 3.05) is 6.61 Å². The molecular formula is C33H47F6N3O6S2. The van der Waals surface area contributed by atoms with Crippen LogP contribution in [0.5, 0.6) is 0 Å². The van der Waals surface area contributed by atoms with E-state index in [1.54, 1.807) is 0 Å². The minimum Gasteiger partial charge on any atom is -0.450 e. The number of carbonyl (C=O) groups excluding carboxylic acids is 1. The number of amides is 1. The second-order valence-corrected chi connectivity index (χ2v) is 15.6. The van der Waals surface area contributed by atoms with E-state index in [0.717, 1.165) is 40.2 Å². The molecule has 2 rings (SSSR count). The third kappa shape index (κ3) is 16.2. The number of nitrogens with zero attached hydrogens (tertiary/aromatic N) is 2. The average molecular weight is 760 g/mol. The molecule has 0 fully saturated rings. The van der Waals surface area contributed by atoms with Crippen LogP contribution in [0.4, 0.5) is 31.1 Å². The summed E-state index contributed by atoms with van der Waals surface area (Å²) >= 11 is 0. The van der Waals surface area contributed by atoms with Crippen molar-refractivity contribution in [3.63, 3.8) is 0 Å². The number of hydrogen-bond acceptors (Lipinski definition) is 6. The van der Waals surface area contributed by atoms with E-state index in [4.69, 9.17) is 4.74 Å². The number of nitrogens with one attached hydrogen (secondary N) is 1. The van der Waals surface area contributed by atoms with Crippen LogP contribution in [0.25, 0.3) is 9.70 Å². The molecule has 1 N–H and O–H groups in total. The summed E-state index contributed by atoms with van der Waals surface area (Å²) in [5.74, 6) is 0. The fourth-order valence-electron chi connectivity index (χ4n) is 4.47. The number of pyridine rings is 1. The molecule has 0 aliphatic heterocycles. The van der Waals surface area contributed by atoms with Crippen molar-refractivity contribution in [2.45, 2.75) is 115 Å². The number of hydrogen-bond donors (Lipinski definition) is 1. The highest BCUT2D eigenvalue weighted by Crippen LogP contribution is 2.36. The lowest BCUT2D eigenvalue weighted by Gasteiger charge is -2.27. The summed E-state index contributed by atoms with van der Waals surface area (Å²) in [4.78, 5) is 12.3. The molecule has 0 atom stereocenters. The standard InChI is InChI=1S/C31H46N2O2.C2F6NO4S2/c1-6-16-27-19-22-33(23-20-27)21-13-11-9-7-8-10-12-14-24-35-30(34)32-31(4,5)29-18-15-17-28(25-29)26(2)3;3-1(4,5)14(10,11)9-15(12,13)2(6,7)8/h15,17-20,22-23,25H,2,6-14,16,21,24H2,1,3-5H3;/q;-1/p+1. The van der Waals surface area contributed by atoms with E-state index >= 15 is 0 Å². The number of alkyl carbamates (subject to hydrolysis) is 1. The minimum absolute atomic E-state index is 0.353. The van der Waals surface area contributed by atoms with E-state index in [2.05, 4.69) is 54.0 Å². The molecular weight excluding hydrogens is 713 g/mol. The lowest BCUT2D eigenvalue weighted by Crippen LogP contribution is -2.41. The fourth-order valence-corrected chi connectivity index (χ4v) is 6.17. The van der Waals surface area contributed by atoms with E-state index in [1.807, 2.05) is 39.0 Å². The van der Waals surface area contributed by atoms with E-state index < -0.39 is 36.6 Å². The van der Waals surface area contributed by atoms with E-state index in [0.29, 0.717) is 6.61 Å². The Hall–Kier alpha value is -3.18. The molecule has 0 spiro atoms. The van der Waals surface area contributed by atoms with Gasteiger partial charge in [-0.3, -0.25) is 0 Å². The summed E-state index contributed by atoms with van der Waals surface area (Å²) in [6.45, 7) is 13.8. The summed E-state index contributed by atoms with van der Waals surface area (Å²) in [6.07, 6.45) is 16.1. The van der Waals surface area contributed by atoms with Crippen molar-refractivity contribution in [3.05, 3.63) is 76.2 Å². The quantitative estimate of drug-likeness (QED) is 0.0921. The second kappa shape index (κ2) is 20.0.